The van der Waals surface area contributed by atoms with Gasteiger partial charge in [0.15, 0.2) is 0 Å². The van der Waals surface area contributed by atoms with E-state index in [0.717, 1.165) is 37.9 Å². The minimum Gasteiger partial charge on any atom is -0.462 e. The zero-order chi connectivity index (χ0) is 31.7. The SMILES string of the molecule is CCN1C[C@]2(COC)CC[C@H](OC)[C@@]34[C@@H]5C[C@H]6[C@H](OC(C)=O)[C@@H]5[C@](OC(=O)/C=C\c5ccccc5)(C[C@@H]6OC)[C@@H]([C@H](OC)[C@H]23)[C@@H]14. The molecule has 7 rings (SSSR count). The summed E-state index contributed by atoms with van der Waals surface area (Å²) in [6.45, 7) is 6.10. The molecule has 13 atom stereocenters. The number of methoxy groups -OCH3 is 4. The van der Waals surface area contributed by atoms with E-state index in [2.05, 4.69) is 11.8 Å². The fourth-order valence-electron chi connectivity index (χ4n) is 12.4. The van der Waals surface area contributed by atoms with Crippen LogP contribution in [0.1, 0.15) is 45.1 Å². The molecule has 1 saturated heterocycles. The van der Waals surface area contributed by atoms with E-state index in [1.807, 2.05) is 44.6 Å². The first-order valence-corrected chi connectivity index (χ1v) is 16.7. The van der Waals surface area contributed by atoms with Crippen LogP contribution in [0, 0.1) is 40.4 Å². The number of fused-ring (bicyclic) bond motifs is 2. The minimum atomic E-state index is -0.973. The number of carbonyl (C=O) groups excluding carboxylic acids is 2. The summed E-state index contributed by atoms with van der Waals surface area (Å²) >= 11 is 0. The molecule has 9 heteroatoms. The van der Waals surface area contributed by atoms with Crippen molar-refractivity contribution in [3.05, 3.63) is 42.0 Å². The fraction of sp³-hybridized carbons (Fsp3) is 0.722. The van der Waals surface area contributed by atoms with Crippen LogP contribution in [0.4, 0.5) is 0 Å². The van der Waals surface area contributed by atoms with Gasteiger partial charge in [0.25, 0.3) is 0 Å². The smallest absolute Gasteiger partial charge is 0.331 e. The van der Waals surface area contributed by atoms with E-state index in [9.17, 15) is 9.59 Å². The molecule has 1 aliphatic heterocycles. The monoisotopic (exact) mass is 623 g/mol. The van der Waals surface area contributed by atoms with Crippen LogP contribution in [0.3, 0.4) is 0 Å². The van der Waals surface area contributed by atoms with Crippen LogP contribution >= 0.6 is 0 Å². The average Bonchev–Trinajstić information content (AvgIpc) is 3.45. The molecule has 246 valence electrons. The van der Waals surface area contributed by atoms with Crippen LogP contribution in [-0.4, -0.2) is 101 Å². The summed E-state index contributed by atoms with van der Waals surface area (Å²) < 4.78 is 38.7. The van der Waals surface area contributed by atoms with Gasteiger partial charge in [-0.3, -0.25) is 9.69 Å². The van der Waals surface area contributed by atoms with Crippen molar-refractivity contribution in [1.29, 1.82) is 0 Å². The quantitative estimate of drug-likeness (QED) is 0.283. The fourth-order valence-corrected chi connectivity index (χ4v) is 12.4. The Kier molecular flexibility index (Phi) is 7.96. The summed E-state index contributed by atoms with van der Waals surface area (Å²) in [7, 11) is 7.20. The van der Waals surface area contributed by atoms with Crippen LogP contribution in [0.2, 0.25) is 0 Å². The number of ether oxygens (including phenoxy) is 6. The molecule has 6 fully saturated rings. The van der Waals surface area contributed by atoms with E-state index in [4.69, 9.17) is 28.4 Å². The number of hydrogen-bond donors (Lipinski definition) is 0. The largest absolute Gasteiger partial charge is 0.462 e. The summed E-state index contributed by atoms with van der Waals surface area (Å²) in [4.78, 5) is 29.4. The first-order chi connectivity index (χ1) is 21.8. The van der Waals surface area contributed by atoms with Gasteiger partial charge in [0, 0.05) is 94.9 Å². The van der Waals surface area contributed by atoms with Crippen molar-refractivity contribution in [3.8, 4) is 0 Å². The van der Waals surface area contributed by atoms with Gasteiger partial charge in [-0.1, -0.05) is 37.3 Å². The van der Waals surface area contributed by atoms with E-state index >= 15 is 0 Å². The maximum absolute atomic E-state index is 14.0. The number of carbonyl (C=O) groups is 2. The van der Waals surface area contributed by atoms with Crippen molar-refractivity contribution in [2.75, 3.05) is 48.1 Å². The molecule has 0 N–H and O–H groups in total. The number of piperidine rings is 1. The number of esters is 2. The lowest BCUT2D eigenvalue weighted by molar-refractivity contribution is -0.280. The van der Waals surface area contributed by atoms with Gasteiger partial charge in [-0.15, -0.1) is 0 Å². The summed E-state index contributed by atoms with van der Waals surface area (Å²) in [6.07, 6.45) is 5.72. The van der Waals surface area contributed by atoms with Crippen LogP contribution in [-0.2, 0) is 38.0 Å². The van der Waals surface area contributed by atoms with E-state index in [-0.39, 0.29) is 70.7 Å². The maximum atomic E-state index is 14.0. The molecule has 0 amide bonds. The molecule has 6 aliphatic rings. The molecule has 5 aliphatic carbocycles. The highest BCUT2D eigenvalue weighted by Gasteiger charge is 2.88. The van der Waals surface area contributed by atoms with Gasteiger partial charge in [-0.25, -0.2) is 4.79 Å². The van der Waals surface area contributed by atoms with Gasteiger partial charge in [-0.05, 0) is 43.4 Å². The molecule has 1 aromatic carbocycles. The Morgan fingerprint density at radius 1 is 1.02 bits per heavy atom. The van der Waals surface area contributed by atoms with Crippen molar-refractivity contribution in [1.82, 2.24) is 4.90 Å². The molecule has 5 saturated carbocycles. The predicted octanol–water partition coefficient (Wildman–Crippen LogP) is 3.99. The highest BCUT2D eigenvalue weighted by molar-refractivity contribution is 5.87. The lowest BCUT2D eigenvalue weighted by Crippen LogP contribution is -2.77. The Morgan fingerprint density at radius 2 is 1.80 bits per heavy atom. The van der Waals surface area contributed by atoms with Crippen molar-refractivity contribution in [3.63, 3.8) is 0 Å². The molecular weight excluding hydrogens is 574 g/mol. The van der Waals surface area contributed by atoms with E-state index < -0.39 is 17.7 Å². The standard InChI is InChI=1S/C36H49NO8/c1-7-37-19-34(20-40-3)16-15-26(42-5)36-24-17-23-25(41-4)18-35(28(24)30(23)44-21(2)38,29(33(36)37)31(43-6)32(34)36)45-27(39)14-13-22-11-9-8-10-12-22/h8-14,23-26,28-33H,7,15-20H2,1-6H3/b14-13-/t23-,24-,25+,26+,28-,29+,30+,31+,32-,33-,34+,35-,36+/m1/s1. The maximum Gasteiger partial charge on any atom is 0.331 e. The van der Waals surface area contributed by atoms with Gasteiger partial charge < -0.3 is 28.4 Å². The second-order valence-electron chi connectivity index (χ2n) is 14.5. The highest BCUT2D eigenvalue weighted by Crippen LogP contribution is 2.80. The zero-order valence-corrected chi connectivity index (χ0v) is 27.5. The van der Waals surface area contributed by atoms with Gasteiger partial charge in [-0.2, -0.15) is 0 Å². The van der Waals surface area contributed by atoms with E-state index in [1.54, 1.807) is 20.3 Å². The molecule has 0 unspecified atom stereocenters. The third-order valence-corrected chi connectivity index (χ3v) is 13.1. The molecule has 45 heavy (non-hydrogen) atoms. The zero-order valence-electron chi connectivity index (χ0n) is 27.5. The Hall–Kier alpha value is -2.30. The topological polar surface area (TPSA) is 92.8 Å². The molecular formula is C36H49NO8. The molecule has 0 aromatic heterocycles. The van der Waals surface area contributed by atoms with Crippen molar-refractivity contribution >= 4 is 18.0 Å². The number of nitrogens with zero attached hydrogens (tertiary/aromatic N) is 1. The normalized spacial score (nSPS) is 45.9. The molecule has 1 heterocycles. The third-order valence-electron chi connectivity index (χ3n) is 13.1. The van der Waals surface area contributed by atoms with Crippen molar-refractivity contribution in [2.24, 2.45) is 40.4 Å². The van der Waals surface area contributed by atoms with Crippen LogP contribution in [0.5, 0.6) is 0 Å². The molecule has 1 spiro atoms. The van der Waals surface area contributed by atoms with Crippen LogP contribution in [0.15, 0.2) is 36.4 Å². The minimum absolute atomic E-state index is 0.00219. The molecule has 1 aromatic rings. The highest BCUT2D eigenvalue weighted by atomic mass is 16.6. The van der Waals surface area contributed by atoms with Gasteiger partial charge in [0.2, 0.25) is 0 Å². The average molecular weight is 624 g/mol. The number of rotatable bonds is 10. The van der Waals surface area contributed by atoms with E-state index in [0.29, 0.717) is 13.0 Å². The van der Waals surface area contributed by atoms with Gasteiger partial charge >= 0.3 is 11.9 Å². The second-order valence-corrected chi connectivity index (χ2v) is 14.5. The van der Waals surface area contributed by atoms with Gasteiger partial charge in [0.1, 0.15) is 11.7 Å². The summed E-state index contributed by atoms with van der Waals surface area (Å²) in [5, 5.41) is 0. The summed E-state index contributed by atoms with van der Waals surface area (Å²) in [6, 6.07) is 9.83. The Balaban J connectivity index is 1.45. The first-order valence-electron chi connectivity index (χ1n) is 16.7. The summed E-state index contributed by atoms with van der Waals surface area (Å²) in [5.41, 5.74) is -0.481. The van der Waals surface area contributed by atoms with Crippen molar-refractivity contribution in [2.45, 2.75) is 75.6 Å². The first kappa shape index (κ1) is 31.3. The van der Waals surface area contributed by atoms with Crippen molar-refractivity contribution < 1.29 is 38.0 Å². The second kappa shape index (κ2) is 11.4. The van der Waals surface area contributed by atoms with Crippen LogP contribution in [0.25, 0.3) is 6.08 Å². The lowest BCUT2D eigenvalue weighted by atomic mass is 9.43. The Morgan fingerprint density at radius 3 is 2.44 bits per heavy atom. The Labute approximate surface area is 266 Å². The number of likely N-dealkylation sites (tertiary alicyclic amines) is 1. The Bertz CT molecular complexity index is 1320. The predicted molar refractivity (Wildman–Crippen MR) is 166 cm³/mol. The van der Waals surface area contributed by atoms with Gasteiger partial charge in [0.05, 0.1) is 24.9 Å². The summed E-state index contributed by atoms with van der Waals surface area (Å²) in [5.74, 6) is -0.887. The van der Waals surface area contributed by atoms with E-state index in [1.165, 1.54) is 13.0 Å². The molecule has 7 bridgehead atoms. The number of hydrogen-bond acceptors (Lipinski definition) is 9. The number of benzene rings is 1. The molecule has 9 nitrogen and oxygen atoms in total. The molecule has 0 radical (unpaired) electrons. The third kappa shape index (κ3) is 4.16. The van der Waals surface area contributed by atoms with Crippen LogP contribution < -0.4 is 0 Å². The lowest BCUT2D eigenvalue weighted by Gasteiger charge is -2.69.